The van der Waals surface area contributed by atoms with Gasteiger partial charge in [0.15, 0.2) is 0 Å². The molecule has 3 unspecified atom stereocenters. The molecule has 1 aliphatic carbocycles. The average Bonchev–Trinajstić information content (AvgIpc) is 2.32. The fourth-order valence-corrected chi connectivity index (χ4v) is 3.66. The van der Waals surface area contributed by atoms with Crippen LogP contribution in [0.4, 0.5) is 0 Å². The molecule has 15 nitrogen and oxygen atoms in total. The summed E-state index contributed by atoms with van der Waals surface area (Å²) in [7, 11) is -17.0. The number of hydrogen-bond donors (Lipinski definition) is 6. The van der Waals surface area contributed by atoms with Crippen molar-refractivity contribution in [3.63, 3.8) is 0 Å². The van der Waals surface area contributed by atoms with Crippen molar-refractivity contribution in [2.75, 3.05) is 0 Å². The predicted molar refractivity (Wildman–Crippen MR) is 62.1 cm³/mol. The second-order valence-electron chi connectivity index (χ2n) is 4.59. The Morgan fingerprint density at radius 1 is 0.556 bits per heavy atom. The molecule has 0 amide bonds. The molecular formula is C6H12Na3O15P3. The maximum absolute atomic E-state index is 10.8. The van der Waals surface area contributed by atoms with E-state index < -0.39 is 60.1 Å². The molecule has 0 aliphatic heterocycles. The van der Waals surface area contributed by atoms with Crippen LogP contribution in [-0.2, 0) is 27.3 Å². The maximum atomic E-state index is 10.8. The van der Waals surface area contributed by atoms with Gasteiger partial charge in [0.05, 0.1) is 0 Å². The van der Waals surface area contributed by atoms with Crippen LogP contribution < -0.4 is 103 Å². The molecule has 0 heterocycles. The zero-order valence-corrected chi connectivity index (χ0v) is 22.8. The van der Waals surface area contributed by atoms with Gasteiger partial charge in [-0.2, -0.15) is 0 Å². The predicted octanol–water partition coefficient (Wildman–Crippen LogP) is -14.4. The number of phosphoric ester groups is 3. The Hall–Kier alpha value is 3.21. The van der Waals surface area contributed by atoms with Crippen LogP contribution in [0.5, 0.6) is 0 Å². The number of phosphoric acid groups is 3. The third-order valence-electron chi connectivity index (χ3n) is 2.78. The standard InChI is InChI=1S/C6H15O15P3.3Na/c7-1-2(8)5(20-23(13,14)15)6(21-24(16,17)18)3(9)4(1)19-22(10,11)12;;;/h1-9H,(H2,10,11,12)(H2,13,14,15)(H2,16,17,18);;;/q;3*+1/p-3/t1-,2-,3-,4-,5+,6+;;;/m1.../s1. The minimum absolute atomic E-state index is 0. The topological polar surface area (TPSA) is 269 Å². The van der Waals surface area contributed by atoms with Crippen molar-refractivity contribution < 1.29 is 161 Å². The van der Waals surface area contributed by atoms with Gasteiger partial charge in [0, 0.05) is 0 Å². The van der Waals surface area contributed by atoms with Crippen LogP contribution >= 0.6 is 23.5 Å². The summed E-state index contributed by atoms with van der Waals surface area (Å²) < 4.78 is 43.9. The van der Waals surface area contributed by atoms with E-state index in [4.69, 9.17) is 14.7 Å². The van der Waals surface area contributed by atoms with Gasteiger partial charge in [-0.1, -0.05) is 0 Å². The first-order chi connectivity index (χ1) is 10.5. The summed E-state index contributed by atoms with van der Waals surface area (Å²) >= 11 is 0. The molecule has 1 fully saturated rings. The van der Waals surface area contributed by atoms with Crippen LogP contribution in [0, 0.1) is 0 Å². The molecule has 0 saturated heterocycles. The van der Waals surface area contributed by atoms with Gasteiger partial charge in [0.1, 0.15) is 36.6 Å². The van der Waals surface area contributed by atoms with Crippen LogP contribution in [0.25, 0.3) is 0 Å². The monoisotopic (exact) mass is 486 g/mol. The van der Waals surface area contributed by atoms with Crippen LogP contribution in [0.2, 0.25) is 0 Å². The molecule has 9 atom stereocenters. The quantitative estimate of drug-likeness (QED) is 0.150. The van der Waals surface area contributed by atoms with Gasteiger partial charge >= 0.3 is 88.7 Å². The first-order valence-corrected chi connectivity index (χ1v) is 10.2. The summed E-state index contributed by atoms with van der Waals surface area (Å²) in [6.07, 6.45) is -15.0. The molecule has 0 aromatic rings. The second-order valence-corrected chi connectivity index (χ2v) is 8.03. The summed E-state index contributed by atoms with van der Waals surface area (Å²) in [4.78, 5) is 58.0. The van der Waals surface area contributed by atoms with Crippen LogP contribution in [0.15, 0.2) is 0 Å². The summed E-state index contributed by atoms with van der Waals surface area (Å²) in [6.45, 7) is 0. The molecule has 27 heavy (non-hydrogen) atoms. The van der Waals surface area contributed by atoms with E-state index in [9.17, 15) is 43.7 Å². The molecule has 144 valence electrons. The third-order valence-corrected chi connectivity index (χ3v) is 4.31. The molecular weight excluding hydrogens is 474 g/mol. The number of aliphatic hydroxyl groups is 3. The van der Waals surface area contributed by atoms with E-state index in [1.807, 2.05) is 0 Å². The van der Waals surface area contributed by atoms with Crippen molar-refractivity contribution >= 4 is 23.5 Å². The van der Waals surface area contributed by atoms with Gasteiger partial charge in [0.2, 0.25) is 0 Å². The van der Waals surface area contributed by atoms with Gasteiger partial charge in [0.25, 0.3) is 23.5 Å². The van der Waals surface area contributed by atoms with Crippen molar-refractivity contribution in [2.45, 2.75) is 36.6 Å². The summed E-state index contributed by atoms with van der Waals surface area (Å²) in [5.41, 5.74) is 0. The van der Waals surface area contributed by atoms with E-state index in [2.05, 4.69) is 13.6 Å². The second kappa shape index (κ2) is 13.0. The first-order valence-electron chi connectivity index (χ1n) is 5.72. The van der Waals surface area contributed by atoms with E-state index in [1.54, 1.807) is 0 Å². The SMILES string of the molecule is O=P([O-])(O)O[C@@H]1[C@H](O)[C@@H](O)[C@H](OP(=O)([O-])O)[C@@H](OP(=O)([O-])O)[C@@H]1O.[Na+].[Na+].[Na+]. The Morgan fingerprint density at radius 3 is 1.07 bits per heavy atom. The van der Waals surface area contributed by atoms with E-state index in [-0.39, 0.29) is 88.7 Å². The minimum atomic E-state index is -5.72. The minimum Gasteiger partial charge on any atom is -0.756 e. The summed E-state index contributed by atoms with van der Waals surface area (Å²) in [5, 5.41) is 29.1. The summed E-state index contributed by atoms with van der Waals surface area (Å²) in [6, 6.07) is 0. The van der Waals surface area contributed by atoms with E-state index >= 15 is 0 Å². The molecule has 1 rings (SSSR count). The van der Waals surface area contributed by atoms with Crippen molar-refractivity contribution in [3.05, 3.63) is 0 Å². The smallest absolute Gasteiger partial charge is 0.756 e. The Labute approximate surface area is 218 Å². The summed E-state index contributed by atoms with van der Waals surface area (Å²) in [5.74, 6) is 0. The van der Waals surface area contributed by atoms with Crippen LogP contribution in [-0.4, -0.2) is 66.6 Å². The number of aliphatic hydroxyl groups excluding tert-OH is 3. The Balaban J connectivity index is -0.00000192. The first kappa shape index (κ1) is 34.8. The molecule has 0 bridgehead atoms. The van der Waals surface area contributed by atoms with Crippen molar-refractivity contribution in [1.29, 1.82) is 0 Å². The Bertz CT molecular complexity index is 587. The molecule has 0 radical (unpaired) electrons. The number of hydrogen-bond acceptors (Lipinski definition) is 12. The molecule has 6 N–H and O–H groups in total. The molecule has 0 aromatic heterocycles. The Morgan fingerprint density at radius 2 is 0.778 bits per heavy atom. The zero-order chi connectivity index (χ0) is 19.1. The van der Waals surface area contributed by atoms with E-state index in [0.717, 1.165) is 0 Å². The van der Waals surface area contributed by atoms with Crippen molar-refractivity contribution in [2.24, 2.45) is 0 Å². The van der Waals surface area contributed by atoms with Gasteiger partial charge in [-0.05, 0) is 0 Å². The fourth-order valence-electron chi connectivity index (χ4n) is 2.00. The van der Waals surface area contributed by atoms with Gasteiger partial charge in [-0.25, -0.2) is 0 Å². The Kier molecular flexibility index (Phi) is 16.8. The molecule has 0 spiro atoms. The number of rotatable bonds is 6. The van der Waals surface area contributed by atoms with Crippen LogP contribution in [0.3, 0.4) is 0 Å². The maximum Gasteiger partial charge on any atom is 1.00 e. The van der Waals surface area contributed by atoms with Crippen LogP contribution in [0.1, 0.15) is 0 Å². The third kappa shape index (κ3) is 12.1. The van der Waals surface area contributed by atoms with Crippen molar-refractivity contribution in [1.82, 2.24) is 0 Å². The molecule has 1 aliphatic rings. The van der Waals surface area contributed by atoms with E-state index in [0.29, 0.717) is 0 Å². The molecule has 21 heteroatoms. The van der Waals surface area contributed by atoms with Gasteiger partial charge in [-0.3, -0.25) is 13.7 Å². The largest absolute Gasteiger partial charge is 1.00 e. The van der Waals surface area contributed by atoms with Gasteiger partial charge < -0.3 is 58.3 Å². The fraction of sp³-hybridized carbons (Fsp3) is 1.00. The van der Waals surface area contributed by atoms with E-state index in [1.165, 1.54) is 0 Å². The molecule has 1 saturated carbocycles. The van der Waals surface area contributed by atoms with Gasteiger partial charge in [-0.15, -0.1) is 0 Å². The molecule has 0 aromatic carbocycles. The zero-order valence-electron chi connectivity index (χ0n) is 14.2. The normalized spacial score (nSPS) is 37.2. The average molecular weight is 486 g/mol. The van der Waals surface area contributed by atoms with Crippen molar-refractivity contribution in [3.8, 4) is 0 Å².